The number of carbonyl (C=O) groups excluding carboxylic acids is 2. The maximum absolute atomic E-state index is 13.0. The molecule has 0 unspecified atom stereocenters. The number of benzene rings is 1. The number of amides is 3. The molecule has 0 saturated carbocycles. The molecule has 0 atom stereocenters. The first-order valence-corrected chi connectivity index (χ1v) is 12.3. The van der Waals surface area contributed by atoms with Crippen LogP contribution in [0.3, 0.4) is 0 Å². The summed E-state index contributed by atoms with van der Waals surface area (Å²) >= 11 is 0. The first-order valence-electron chi connectivity index (χ1n) is 12.3. The van der Waals surface area contributed by atoms with Gasteiger partial charge >= 0.3 is 6.03 Å². The summed E-state index contributed by atoms with van der Waals surface area (Å²) in [5.74, 6) is 1.70. The topological polar surface area (TPSA) is 99.7 Å². The first kappa shape index (κ1) is 24.9. The van der Waals surface area contributed by atoms with E-state index in [1.165, 1.54) is 0 Å². The lowest BCUT2D eigenvalue weighted by atomic mass is 9.93. The van der Waals surface area contributed by atoms with Crippen molar-refractivity contribution in [3.8, 4) is 11.4 Å². The lowest BCUT2D eigenvalue weighted by molar-refractivity contribution is -0.140. The second-order valence-corrected chi connectivity index (χ2v) is 10.1. The van der Waals surface area contributed by atoms with E-state index in [2.05, 4.69) is 15.5 Å². The summed E-state index contributed by atoms with van der Waals surface area (Å²) in [6.07, 6.45) is 0.735. The molecule has 1 saturated heterocycles. The maximum atomic E-state index is 13.0. The molecule has 3 amide bonds. The van der Waals surface area contributed by atoms with Crippen LogP contribution >= 0.6 is 0 Å². The number of rotatable bonds is 4. The molecule has 9 nitrogen and oxygen atoms in total. The molecule has 0 spiro atoms. The number of hydrogen-bond acceptors (Lipinski definition) is 6. The van der Waals surface area contributed by atoms with Gasteiger partial charge in [0, 0.05) is 48.4 Å². The number of carbonyl (C=O) groups is 2. The molecular formula is C26H36N6O3. The Labute approximate surface area is 207 Å². The van der Waals surface area contributed by atoms with Gasteiger partial charge in [0.25, 0.3) is 0 Å². The molecule has 9 heteroatoms. The average Bonchev–Trinajstić information content (AvgIpc) is 2.84. The number of morpholine rings is 1. The minimum absolute atomic E-state index is 0.132. The van der Waals surface area contributed by atoms with Gasteiger partial charge in [0.2, 0.25) is 5.91 Å². The molecule has 1 aromatic carbocycles. The van der Waals surface area contributed by atoms with Gasteiger partial charge in [0.15, 0.2) is 5.82 Å². The predicted octanol–water partition coefficient (Wildman–Crippen LogP) is 3.36. The minimum atomic E-state index is -0.440. The third kappa shape index (κ3) is 5.56. The van der Waals surface area contributed by atoms with E-state index in [0.29, 0.717) is 38.7 Å². The van der Waals surface area contributed by atoms with E-state index in [0.717, 1.165) is 53.4 Å². The van der Waals surface area contributed by atoms with Crippen molar-refractivity contribution in [2.75, 3.05) is 49.6 Å². The van der Waals surface area contributed by atoms with Crippen LogP contribution in [-0.4, -0.2) is 66.2 Å². The number of anilines is 2. The maximum Gasteiger partial charge on any atom is 0.319 e. The molecular weight excluding hydrogens is 444 g/mol. The molecule has 0 bridgehead atoms. The third-order valence-corrected chi connectivity index (χ3v) is 6.35. The second kappa shape index (κ2) is 10.2. The summed E-state index contributed by atoms with van der Waals surface area (Å²) in [5.41, 5.74) is 4.13. The largest absolute Gasteiger partial charge is 0.378 e. The van der Waals surface area contributed by atoms with Crippen LogP contribution in [0.1, 0.15) is 44.5 Å². The monoisotopic (exact) mass is 480 g/mol. The van der Waals surface area contributed by atoms with Crippen molar-refractivity contribution in [1.29, 1.82) is 0 Å². The molecule has 2 aliphatic heterocycles. The molecule has 3 heterocycles. The predicted molar refractivity (Wildman–Crippen MR) is 137 cm³/mol. The molecule has 4 rings (SSSR count). The average molecular weight is 481 g/mol. The van der Waals surface area contributed by atoms with Gasteiger partial charge in [0.1, 0.15) is 5.82 Å². The number of nitrogens with one attached hydrogen (secondary N) is 2. The van der Waals surface area contributed by atoms with E-state index in [9.17, 15) is 9.59 Å². The van der Waals surface area contributed by atoms with Crippen molar-refractivity contribution in [1.82, 2.24) is 20.2 Å². The van der Waals surface area contributed by atoms with Crippen molar-refractivity contribution >= 4 is 23.4 Å². The fourth-order valence-electron chi connectivity index (χ4n) is 4.49. The SMILES string of the molecule is CCNC(=O)Nc1ccc(-c2nc3c(c(N4CCOCC4)n2)CCN(C(=O)C(C)(C)C)C3)cc1C. The molecule has 188 valence electrons. The summed E-state index contributed by atoms with van der Waals surface area (Å²) in [6, 6.07) is 5.58. The van der Waals surface area contributed by atoms with Crippen LogP contribution in [0.15, 0.2) is 18.2 Å². The Balaban J connectivity index is 1.71. The Morgan fingerprint density at radius 2 is 1.86 bits per heavy atom. The number of urea groups is 1. The molecule has 2 N–H and O–H groups in total. The van der Waals surface area contributed by atoms with E-state index < -0.39 is 5.41 Å². The van der Waals surface area contributed by atoms with Gasteiger partial charge in [-0.2, -0.15) is 0 Å². The Morgan fingerprint density at radius 1 is 1.11 bits per heavy atom. The number of hydrogen-bond donors (Lipinski definition) is 2. The van der Waals surface area contributed by atoms with Gasteiger partial charge < -0.3 is 25.2 Å². The van der Waals surface area contributed by atoms with Crippen molar-refractivity contribution in [3.05, 3.63) is 35.0 Å². The van der Waals surface area contributed by atoms with Crippen LogP contribution in [-0.2, 0) is 22.5 Å². The molecule has 0 aliphatic carbocycles. The highest BCUT2D eigenvalue weighted by Gasteiger charge is 2.32. The zero-order valence-corrected chi connectivity index (χ0v) is 21.4. The highest BCUT2D eigenvalue weighted by molar-refractivity contribution is 5.90. The fraction of sp³-hybridized carbons (Fsp3) is 0.538. The summed E-state index contributed by atoms with van der Waals surface area (Å²) in [6.45, 7) is 14.3. The summed E-state index contributed by atoms with van der Waals surface area (Å²) < 4.78 is 5.57. The van der Waals surface area contributed by atoms with E-state index in [4.69, 9.17) is 14.7 Å². The third-order valence-electron chi connectivity index (χ3n) is 6.35. The zero-order chi connectivity index (χ0) is 25.2. The van der Waals surface area contributed by atoms with E-state index in [1.807, 2.05) is 57.7 Å². The second-order valence-electron chi connectivity index (χ2n) is 10.1. The Bertz CT molecular complexity index is 1100. The molecule has 35 heavy (non-hydrogen) atoms. The summed E-state index contributed by atoms with van der Waals surface area (Å²) in [5, 5.41) is 5.62. The number of ether oxygens (including phenoxy) is 1. The lowest BCUT2D eigenvalue weighted by Crippen LogP contribution is -2.44. The Morgan fingerprint density at radius 3 is 2.51 bits per heavy atom. The standard InChI is InChI=1S/C26H36N6O3/c1-6-27-25(34)29-20-8-7-18(15-17(20)2)22-28-21-16-32(24(33)26(3,4)5)10-9-19(21)23(30-22)31-11-13-35-14-12-31/h7-8,15H,6,9-14,16H2,1-5H3,(H2,27,29,34). The molecule has 1 aromatic heterocycles. The van der Waals surface area contributed by atoms with Gasteiger partial charge in [-0.1, -0.05) is 20.8 Å². The Hall–Kier alpha value is -3.20. The van der Waals surface area contributed by atoms with Crippen molar-refractivity contribution in [2.24, 2.45) is 5.41 Å². The van der Waals surface area contributed by atoms with Crippen LogP contribution in [0, 0.1) is 12.3 Å². The van der Waals surface area contributed by atoms with E-state index >= 15 is 0 Å². The fourth-order valence-corrected chi connectivity index (χ4v) is 4.49. The van der Waals surface area contributed by atoms with Gasteiger partial charge in [-0.3, -0.25) is 4.79 Å². The van der Waals surface area contributed by atoms with Crippen LogP contribution in [0.25, 0.3) is 11.4 Å². The highest BCUT2D eigenvalue weighted by Crippen LogP contribution is 2.32. The summed E-state index contributed by atoms with van der Waals surface area (Å²) in [7, 11) is 0. The quantitative estimate of drug-likeness (QED) is 0.696. The normalized spacial score (nSPS) is 16.0. The number of aryl methyl sites for hydroxylation is 1. The van der Waals surface area contributed by atoms with E-state index in [-0.39, 0.29) is 11.9 Å². The first-order chi connectivity index (χ1) is 16.7. The van der Waals surface area contributed by atoms with Crippen molar-refractivity contribution < 1.29 is 14.3 Å². The highest BCUT2D eigenvalue weighted by atomic mass is 16.5. The zero-order valence-electron chi connectivity index (χ0n) is 21.4. The van der Waals surface area contributed by atoms with Gasteiger partial charge in [-0.05, 0) is 44.0 Å². The minimum Gasteiger partial charge on any atom is -0.378 e. The van der Waals surface area contributed by atoms with Gasteiger partial charge in [-0.25, -0.2) is 14.8 Å². The van der Waals surface area contributed by atoms with Crippen molar-refractivity contribution in [2.45, 2.75) is 47.6 Å². The molecule has 2 aliphatic rings. The molecule has 1 fully saturated rings. The number of nitrogens with zero attached hydrogens (tertiary/aromatic N) is 4. The van der Waals surface area contributed by atoms with Crippen LogP contribution in [0.2, 0.25) is 0 Å². The number of fused-ring (bicyclic) bond motifs is 1. The van der Waals surface area contributed by atoms with Crippen molar-refractivity contribution in [3.63, 3.8) is 0 Å². The van der Waals surface area contributed by atoms with Gasteiger partial charge in [-0.15, -0.1) is 0 Å². The van der Waals surface area contributed by atoms with Crippen LogP contribution in [0.4, 0.5) is 16.3 Å². The smallest absolute Gasteiger partial charge is 0.319 e. The number of aromatic nitrogens is 2. The Kier molecular flexibility index (Phi) is 7.25. The molecule has 0 radical (unpaired) electrons. The summed E-state index contributed by atoms with van der Waals surface area (Å²) in [4.78, 5) is 39.1. The van der Waals surface area contributed by atoms with Gasteiger partial charge in [0.05, 0.1) is 25.5 Å². The lowest BCUT2D eigenvalue weighted by Gasteiger charge is -2.36. The van der Waals surface area contributed by atoms with Crippen LogP contribution < -0.4 is 15.5 Å². The van der Waals surface area contributed by atoms with E-state index in [1.54, 1.807) is 0 Å². The van der Waals surface area contributed by atoms with Crippen LogP contribution in [0.5, 0.6) is 0 Å². The molecule has 2 aromatic rings.